The highest BCUT2D eigenvalue weighted by Gasteiger charge is 2.29. The quantitative estimate of drug-likeness (QED) is 0.788. The Bertz CT molecular complexity index is 830. The van der Waals surface area contributed by atoms with E-state index in [4.69, 9.17) is 16.3 Å². The van der Waals surface area contributed by atoms with E-state index in [0.717, 1.165) is 16.9 Å². The lowest BCUT2D eigenvalue weighted by Crippen LogP contribution is -2.42. The maximum atomic E-state index is 12.6. The van der Waals surface area contributed by atoms with Crippen molar-refractivity contribution in [2.24, 2.45) is 0 Å². The molecule has 0 atom stereocenters. The molecule has 1 fully saturated rings. The number of piperidine rings is 1. The van der Waals surface area contributed by atoms with Crippen molar-refractivity contribution < 1.29 is 13.2 Å². The van der Waals surface area contributed by atoms with Crippen LogP contribution < -0.4 is 4.74 Å². The summed E-state index contributed by atoms with van der Waals surface area (Å²) in [4.78, 5) is 0. The normalized spacial score (nSPS) is 16.7. The van der Waals surface area contributed by atoms with E-state index >= 15 is 0 Å². The second-order valence-electron chi connectivity index (χ2n) is 6.42. The Kier molecular flexibility index (Phi) is 5.67. The molecule has 6 heteroatoms. The summed E-state index contributed by atoms with van der Waals surface area (Å²) in [7, 11) is -3.30. The van der Waals surface area contributed by atoms with Crippen LogP contribution in [0.2, 0.25) is 5.02 Å². The summed E-state index contributed by atoms with van der Waals surface area (Å²) >= 11 is 5.97. The number of ether oxygens (including phenoxy) is 1. The van der Waals surface area contributed by atoms with Crippen LogP contribution in [0, 0.1) is 6.92 Å². The molecule has 1 aliphatic heterocycles. The van der Waals surface area contributed by atoms with Crippen LogP contribution in [0.5, 0.6) is 5.75 Å². The molecule has 0 spiro atoms. The van der Waals surface area contributed by atoms with Crippen molar-refractivity contribution in [3.05, 3.63) is 64.7 Å². The van der Waals surface area contributed by atoms with Crippen molar-refractivity contribution in [3.8, 4) is 5.75 Å². The number of aryl methyl sites for hydroxylation is 1. The minimum absolute atomic E-state index is 0.0175. The lowest BCUT2D eigenvalue weighted by Gasteiger charge is -2.31. The molecule has 0 radical (unpaired) electrons. The highest BCUT2D eigenvalue weighted by atomic mass is 35.5. The molecule has 0 saturated carbocycles. The maximum absolute atomic E-state index is 12.6. The maximum Gasteiger partial charge on any atom is 0.218 e. The van der Waals surface area contributed by atoms with Crippen LogP contribution in [0.1, 0.15) is 24.0 Å². The predicted octanol–water partition coefficient (Wildman–Crippen LogP) is 4.02. The van der Waals surface area contributed by atoms with Gasteiger partial charge in [0.1, 0.15) is 11.9 Å². The molecule has 4 nitrogen and oxygen atoms in total. The third-order valence-electron chi connectivity index (χ3n) is 4.32. The van der Waals surface area contributed by atoms with E-state index in [1.165, 1.54) is 0 Å². The fraction of sp³-hybridized carbons (Fsp3) is 0.368. The second kappa shape index (κ2) is 7.77. The summed E-state index contributed by atoms with van der Waals surface area (Å²) in [5.74, 6) is 0.780. The number of benzene rings is 2. The lowest BCUT2D eigenvalue weighted by atomic mass is 10.1. The van der Waals surface area contributed by atoms with E-state index in [2.05, 4.69) is 0 Å². The Morgan fingerprint density at radius 2 is 1.84 bits per heavy atom. The van der Waals surface area contributed by atoms with Gasteiger partial charge in [0.2, 0.25) is 10.0 Å². The molecule has 2 aromatic rings. The van der Waals surface area contributed by atoms with Gasteiger partial charge in [-0.25, -0.2) is 12.7 Å². The SMILES string of the molecule is Cc1cccc(CS(=O)(=O)N2CCC(Oc3cccc(Cl)c3)CC2)c1. The van der Waals surface area contributed by atoms with Crippen molar-refractivity contribution in [1.82, 2.24) is 4.31 Å². The van der Waals surface area contributed by atoms with Gasteiger partial charge in [0.15, 0.2) is 0 Å². The first-order valence-corrected chi connectivity index (χ1v) is 10.4. The smallest absolute Gasteiger partial charge is 0.218 e. The van der Waals surface area contributed by atoms with Crippen LogP contribution in [0.15, 0.2) is 48.5 Å². The van der Waals surface area contributed by atoms with Crippen LogP contribution in [0.25, 0.3) is 0 Å². The molecular formula is C19H22ClNO3S. The lowest BCUT2D eigenvalue weighted by molar-refractivity contribution is 0.135. The standard InChI is InChI=1S/C19H22ClNO3S/c1-15-4-2-5-16(12-15)14-25(22,23)21-10-8-18(9-11-21)24-19-7-3-6-17(20)13-19/h2-7,12-13,18H,8-11,14H2,1H3. The van der Waals surface area contributed by atoms with Gasteiger partial charge in [-0.3, -0.25) is 0 Å². The van der Waals surface area contributed by atoms with Crippen LogP contribution in [0.4, 0.5) is 0 Å². The van der Waals surface area contributed by atoms with E-state index < -0.39 is 10.0 Å². The molecule has 1 heterocycles. The zero-order valence-electron chi connectivity index (χ0n) is 14.2. The van der Waals surface area contributed by atoms with Gasteiger partial charge >= 0.3 is 0 Å². The predicted molar refractivity (Wildman–Crippen MR) is 100 cm³/mol. The van der Waals surface area contributed by atoms with Crippen LogP contribution >= 0.6 is 11.6 Å². The third-order valence-corrected chi connectivity index (χ3v) is 6.41. The number of halogens is 1. The van der Waals surface area contributed by atoms with Crippen molar-refractivity contribution in [1.29, 1.82) is 0 Å². The molecule has 3 rings (SSSR count). The largest absolute Gasteiger partial charge is 0.490 e. The highest BCUT2D eigenvalue weighted by molar-refractivity contribution is 7.88. The van der Waals surface area contributed by atoms with E-state index in [0.29, 0.717) is 31.0 Å². The summed E-state index contributed by atoms with van der Waals surface area (Å²) < 4.78 is 32.8. The average molecular weight is 380 g/mol. The van der Waals surface area contributed by atoms with Crippen LogP contribution in [-0.2, 0) is 15.8 Å². The highest BCUT2D eigenvalue weighted by Crippen LogP contribution is 2.24. The number of hydrogen-bond donors (Lipinski definition) is 0. The third kappa shape index (κ3) is 4.97. The molecule has 25 heavy (non-hydrogen) atoms. The van der Waals surface area contributed by atoms with Gasteiger partial charge in [-0.2, -0.15) is 0 Å². The van der Waals surface area contributed by atoms with Gasteiger partial charge in [-0.05, 0) is 43.5 Å². The molecule has 134 valence electrons. The fourth-order valence-corrected chi connectivity index (χ4v) is 4.80. The molecule has 0 aliphatic carbocycles. The monoisotopic (exact) mass is 379 g/mol. The Labute approximate surface area is 154 Å². The molecule has 0 N–H and O–H groups in total. The Morgan fingerprint density at radius 1 is 1.12 bits per heavy atom. The average Bonchev–Trinajstić information content (AvgIpc) is 2.55. The van der Waals surface area contributed by atoms with E-state index in [9.17, 15) is 8.42 Å². The molecule has 0 bridgehead atoms. The number of sulfonamides is 1. The van der Waals surface area contributed by atoms with Gasteiger partial charge < -0.3 is 4.74 Å². The summed E-state index contributed by atoms with van der Waals surface area (Å²) in [6.07, 6.45) is 1.38. The molecule has 1 saturated heterocycles. The summed E-state index contributed by atoms with van der Waals surface area (Å²) in [6.45, 7) is 2.94. The molecule has 0 unspecified atom stereocenters. The van der Waals surface area contributed by atoms with Gasteiger partial charge in [-0.15, -0.1) is 0 Å². The summed E-state index contributed by atoms with van der Waals surface area (Å²) in [5.41, 5.74) is 1.90. The number of rotatable bonds is 5. The number of hydrogen-bond acceptors (Lipinski definition) is 3. The zero-order chi connectivity index (χ0) is 17.9. The van der Waals surface area contributed by atoms with Crippen molar-refractivity contribution in [2.45, 2.75) is 31.6 Å². The Balaban J connectivity index is 1.57. The van der Waals surface area contributed by atoms with Crippen molar-refractivity contribution in [3.63, 3.8) is 0 Å². The van der Waals surface area contributed by atoms with E-state index in [1.54, 1.807) is 16.4 Å². The first kappa shape index (κ1) is 18.2. The second-order valence-corrected chi connectivity index (χ2v) is 8.82. The minimum Gasteiger partial charge on any atom is -0.490 e. The van der Waals surface area contributed by atoms with Crippen LogP contribution in [-0.4, -0.2) is 31.9 Å². The molecular weight excluding hydrogens is 358 g/mol. The first-order valence-electron chi connectivity index (χ1n) is 8.38. The van der Waals surface area contributed by atoms with Gasteiger partial charge in [-0.1, -0.05) is 47.5 Å². The molecule has 1 aliphatic rings. The summed E-state index contributed by atoms with van der Waals surface area (Å²) in [5, 5.41) is 0.635. The topological polar surface area (TPSA) is 46.6 Å². The Hall–Kier alpha value is -1.56. The minimum atomic E-state index is -3.30. The first-order chi connectivity index (χ1) is 11.9. The van der Waals surface area contributed by atoms with E-state index in [1.807, 2.05) is 43.3 Å². The van der Waals surface area contributed by atoms with Crippen molar-refractivity contribution in [2.75, 3.05) is 13.1 Å². The van der Waals surface area contributed by atoms with Gasteiger partial charge in [0.25, 0.3) is 0 Å². The van der Waals surface area contributed by atoms with Crippen LogP contribution in [0.3, 0.4) is 0 Å². The molecule has 0 aromatic heterocycles. The zero-order valence-corrected chi connectivity index (χ0v) is 15.8. The van der Waals surface area contributed by atoms with Gasteiger partial charge in [0.05, 0.1) is 5.75 Å². The van der Waals surface area contributed by atoms with Gasteiger partial charge in [0, 0.05) is 18.1 Å². The summed E-state index contributed by atoms with van der Waals surface area (Å²) in [6, 6.07) is 14.9. The van der Waals surface area contributed by atoms with Crippen molar-refractivity contribution >= 4 is 21.6 Å². The fourth-order valence-electron chi connectivity index (χ4n) is 3.06. The number of nitrogens with zero attached hydrogens (tertiary/aromatic N) is 1. The Morgan fingerprint density at radius 3 is 2.52 bits per heavy atom. The molecule has 2 aromatic carbocycles. The van der Waals surface area contributed by atoms with E-state index in [-0.39, 0.29) is 11.9 Å². The molecule has 0 amide bonds.